The van der Waals surface area contributed by atoms with Gasteiger partial charge in [0.05, 0.1) is 22.1 Å². The van der Waals surface area contributed by atoms with Crippen LogP contribution in [0.1, 0.15) is 29.6 Å². The minimum atomic E-state index is -4.13. The fourth-order valence-electron chi connectivity index (χ4n) is 1.68. The van der Waals surface area contributed by atoms with Crippen LogP contribution >= 0.6 is 11.6 Å². The minimum absolute atomic E-state index is 0.195. The van der Waals surface area contributed by atoms with Crippen molar-refractivity contribution in [3.63, 3.8) is 0 Å². The average molecular weight is 322 g/mol. The van der Waals surface area contributed by atoms with Crippen LogP contribution in [-0.4, -0.2) is 21.0 Å². The van der Waals surface area contributed by atoms with Gasteiger partial charge in [0.15, 0.2) is 0 Å². The number of ether oxygens (including phenoxy) is 1. The molecule has 5 nitrogen and oxygen atoms in total. The molecule has 1 aromatic rings. The van der Waals surface area contributed by atoms with Crippen LogP contribution in [0.2, 0.25) is 5.02 Å². The van der Waals surface area contributed by atoms with E-state index in [0.717, 1.165) is 25.3 Å². The molecule has 8 heteroatoms. The Labute approximate surface area is 120 Å². The summed E-state index contributed by atoms with van der Waals surface area (Å²) in [5.74, 6) is -1.32. The van der Waals surface area contributed by atoms with E-state index in [2.05, 4.69) is 0 Å². The third-order valence-corrected chi connectivity index (χ3v) is 4.28. The summed E-state index contributed by atoms with van der Waals surface area (Å²) in [5, 5.41) is 4.43. The second-order valence-corrected chi connectivity index (χ2v) is 6.62. The number of halogens is 2. The summed E-state index contributed by atoms with van der Waals surface area (Å²) < 4.78 is 40.9. The van der Waals surface area contributed by atoms with Crippen LogP contribution in [0.3, 0.4) is 0 Å². The van der Waals surface area contributed by atoms with E-state index in [-0.39, 0.29) is 12.2 Å². The van der Waals surface area contributed by atoms with E-state index >= 15 is 0 Å². The topological polar surface area (TPSA) is 86.5 Å². The van der Waals surface area contributed by atoms with Gasteiger partial charge in [0.2, 0.25) is 10.0 Å². The Morgan fingerprint density at radius 3 is 2.65 bits per heavy atom. The summed E-state index contributed by atoms with van der Waals surface area (Å²) in [6, 6.07) is 1.58. The molecule has 20 heavy (non-hydrogen) atoms. The third kappa shape index (κ3) is 3.68. The lowest BCUT2D eigenvalue weighted by Crippen LogP contribution is -2.15. The molecule has 2 rings (SSSR count). The zero-order valence-corrected chi connectivity index (χ0v) is 12.0. The summed E-state index contributed by atoms with van der Waals surface area (Å²) in [6.07, 6.45) is 2.97. The summed E-state index contributed by atoms with van der Waals surface area (Å²) in [6.45, 7) is 0.195. The van der Waals surface area contributed by atoms with Gasteiger partial charge in [-0.15, -0.1) is 0 Å². The first-order valence-electron chi connectivity index (χ1n) is 5.98. The van der Waals surface area contributed by atoms with E-state index < -0.39 is 31.7 Å². The van der Waals surface area contributed by atoms with E-state index in [1.165, 1.54) is 0 Å². The highest BCUT2D eigenvalue weighted by Crippen LogP contribution is 2.32. The van der Waals surface area contributed by atoms with Crippen molar-refractivity contribution in [1.82, 2.24) is 0 Å². The van der Waals surface area contributed by atoms with Gasteiger partial charge >= 0.3 is 5.97 Å². The highest BCUT2D eigenvalue weighted by molar-refractivity contribution is 7.89. The molecule has 1 aromatic carbocycles. The highest BCUT2D eigenvalue weighted by Gasteiger charge is 2.23. The third-order valence-electron chi connectivity index (χ3n) is 3.01. The van der Waals surface area contributed by atoms with Crippen LogP contribution < -0.4 is 5.14 Å². The number of hydrogen-bond acceptors (Lipinski definition) is 4. The number of carbonyl (C=O) groups is 1. The second-order valence-electron chi connectivity index (χ2n) is 4.68. The van der Waals surface area contributed by atoms with Gasteiger partial charge in [-0.2, -0.15) is 0 Å². The standard InChI is InChI=1S/C12H13ClFNO4S/c13-11-9(12(16)19-4-3-7-1-2-7)5-8(6-10(11)14)20(15,17)18/h5-7H,1-4H2,(H2,15,17,18). The predicted molar refractivity (Wildman–Crippen MR) is 70.4 cm³/mol. The van der Waals surface area contributed by atoms with Crippen molar-refractivity contribution in [1.29, 1.82) is 0 Å². The van der Waals surface area contributed by atoms with Gasteiger partial charge in [0, 0.05) is 0 Å². The van der Waals surface area contributed by atoms with Crippen LogP contribution in [0.5, 0.6) is 0 Å². The van der Waals surface area contributed by atoms with Crippen LogP contribution in [0, 0.1) is 11.7 Å². The Kier molecular flexibility index (Phi) is 4.31. The van der Waals surface area contributed by atoms with Gasteiger partial charge < -0.3 is 4.74 Å². The molecule has 0 aliphatic heterocycles. The first-order chi connectivity index (χ1) is 9.29. The summed E-state index contributed by atoms with van der Waals surface area (Å²) in [5.41, 5.74) is -0.341. The monoisotopic (exact) mass is 321 g/mol. The van der Waals surface area contributed by atoms with E-state index in [0.29, 0.717) is 12.0 Å². The Hall–Kier alpha value is -1.18. The maximum atomic E-state index is 13.5. The number of hydrogen-bond donors (Lipinski definition) is 1. The molecule has 0 saturated heterocycles. The molecular formula is C12H13ClFNO4S. The molecule has 1 fully saturated rings. The van der Waals surface area contributed by atoms with Crippen molar-refractivity contribution < 1.29 is 22.3 Å². The molecule has 0 bridgehead atoms. The largest absolute Gasteiger partial charge is 0.462 e. The van der Waals surface area contributed by atoms with Gasteiger partial charge in [-0.1, -0.05) is 24.4 Å². The maximum Gasteiger partial charge on any atom is 0.339 e. The number of sulfonamides is 1. The fraction of sp³-hybridized carbons (Fsp3) is 0.417. The van der Waals surface area contributed by atoms with E-state index in [9.17, 15) is 17.6 Å². The Morgan fingerprint density at radius 1 is 1.45 bits per heavy atom. The summed E-state index contributed by atoms with van der Waals surface area (Å²) in [4.78, 5) is 11.3. The SMILES string of the molecule is NS(=O)(=O)c1cc(F)c(Cl)c(C(=O)OCCC2CC2)c1. The van der Waals surface area contributed by atoms with Gasteiger partial charge in [-0.05, 0) is 24.5 Å². The van der Waals surface area contributed by atoms with Crippen LogP contribution in [0.25, 0.3) is 0 Å². The van der Waals surface area contributed by atoms with Crippen LogP contribution in [0.15, 0.2) is 17.0 Å². The minimum Gasteiger partial charge on any atom is -0.462 e. The molecule has 1 aliphatic rings. The first-order valence-corrected chi connectivity index (χ1v) is 7.90. The zero-order valence-electron chi connectivity index (χ0n) is 10.4. The molecule has 0 aromatic heterocycles. The molecule has 1 saturated carbocycles. The Bertz CT molecular complexity index is 643. The average Bonchev–Trinajstić information content (AvgIpc) is 3.15. The van der Waals surface area contributed by atoms with Gasteiger partial charge in [-0.25, -0.2) is 22.7 Å². The molecule has 0 radical (unpaired) electrons. The van der Waals surface area contributed by atoms with Gasteiger partial charge in [-0.3, -0.25) is 0 Å². The highest BCUT2D eigenvalue weighted by atomic mass is 35.5. The molecule has 0 heterocycles. The molecule has 0 unspecified atom stereocenters. The van der Waals surface area contributed by atoms with Crippen molar-refractivity contribution in [3.05, 3.63) is 28.5 Å². The van der Waals surface area contributed by atoms with E-state index in [1.54, 1.807) is 0 Å². The molecule has 2 N–H and O–H groups in total. The van der Waals surface area contributed by atoms with Gasteiger partial charge in [0.25, 0.3) is 0 Å². The first kappa shape index (κ1) is 15.2. The predicted octanol–water partition coefficient (Wildman–Crippen LogP) is 2.08. The maximum absolute atomic E-state index is 13.5. The van der Waals surface area contributed by atoms with Crippen molar-refractivity contribution >= 4 is 27.6 Å². The summed E-state index contributed by atoms with van der Waals surface area (Å²) in [7, 11) is -4.13. The van der Waals surface area contributed by atoms with Crippen LogP contribution in [-0.2, 0) is 14.8 Å². The molecule has 0 atom stereocenters. The molecule has 110 valence electrons. The molecule has 0 spiro atoms. The van der Waals surface area contributed by atoms with Crippen molar-refractivity contribution in [2.24, 2.45) is 11.1 Å². The lowest BCUT2D eigenvalue weighted by molar-refractivity contribution is 0.0494. The lowest BCUT2D eigenvalue weighted by atomic mass is 10.2. The number of primary sulfonamides is 1. The number of esters is 1. The second kappa shape index (κ2) is 5.67. The van der Waals surface area contributed by atoms with E-state index in [1.807, 2.05) is 0 Å². The zero-order chi connectivity index (χ0) is 14.9. The molecular weight excluding hydrogens is 309 g/mol. The fourth-order valence-corrected chi connectivity index (χ4v) is 2.42. The number of rotatable bonds is 5. The van der Waals surface area contributed by atoms with Crippen molar-refractivity contribution in [2.45, 2.75) is 24.2 Å². The number of benzene rings is 1. The number of carbonyl (C=O) groups excluding carboxylic acids is 1. The normalized spacial score (nSPS) is 15.2. The van der Waals surface area contributed by atoms with E-state index in [4.69, 9.17) is 21.5 Å². The lowest BCUT2D eigenvalue weighted by Gasteiger charge is -2.08. The Morgan fingerprint density at radius 2 is 2.10 bits per heavy atom. The van der Waals surface area contributed by atoms with Crippen molar-refractivity contribution in [3.8, 4) is 0 Å². The Balaban J connectivity index is 2.20. The molecule has 1 aliphatic carbocycles. The van der Waals surface area contributed by atoms with Crippen LogP contribution in [0.4, 0.5) is 4.39 Å². The summed E-state index contributed by atoms with van der Waals surface area (Å²) >= 11 is 5.65. The molecule has 0 amide bonds. The van der Waals surface area contributed by atoms with Gasteiger partial charge in [0.1, 0.15) is 5.82 Å². The number of nitrogens with two attached hydrogens (primary N) is 1. The van der Waals surface area contributed by atoms with Crippen molar-refractivity contribution in [2.75, 3.05) is 6.61 Å². The smallest absolute Gasteiger partial charge is 0.339 e. The quantitative estimate of drug-likeness (QED) is 0.841.